The van der Waals surface area contributed by atoms with Crippen molar-refractivity contribution in [1.29, 1.82) is 0 Å². The molecule has 3 aliphatic carbocycles. The first-order chi connectivity index (χ1) is 23.2. The number of esters is 2. The van der Waals surface area contributed by atoms with Crippen molar-refractivity contribution in [1.82, 2.24) is 0 Å². The molecule has 5 N–H and O–H groups in total. The molecule has 0 bridgehead atoms. The number of fused-ring (bicyclic) bond motifs is 5. The van der Waals surface area contributed by atoms with Crippen LogP contribution >= 0.6 is 0 Å². The molecule has 10 heteroatoms. The fourth-order valence-electron chi connectivity index (χ4n) is 11.5. The first kappa shape index (κ1) is 40.8. The zero-order valence-electron chi connectivity index (χ0n) is 32.8. The molecule has 4 aliphatic rings. The monoisotopic (exact) mass is 704 g/mol. The van der Waals surface area contributed by atoms with Gasteiger partial charge in [-0.05, 0) is 91.8 Å². The molecule has 1 saturated heterocycles. The number of hydrogen-bond donors (Lipinski definition) is 3. The van der Waals surface area contributed by atoms with Crippen LogP contribution in [0.25, 0.3) is 0 Å². The van der Waals surface area contributed by atoms with E-state index in [9.17, 15) is 19.5 Å². The molecular formula is C40H68N2O8. The number of hydrogen-bond acceptors (Lipinski definition) is 9. The van der Waals surface area contributed by atoms with Gasteiger partial charge in [-0.15, -0.1) is 0 Å². The second-order valence-corrected chi connectivity index (χ2v) is 17.7. The molecule has 3 fully saturated rings. The molecule has 1 heterocycles. The molecule has 0 aromatic carbocycles. The normalized spacial score (nSPS) is 39.8. The van der Waals surface area contributed by atoms with Crippen molar-refractivity contribution in [3.05, 3.63) is 11.6 Å². The van der Waals surface area contributed by atoms with Gasteiger partial charge in [0, 0.05) is 24.8 Å². The van der Waals surface area contributed by atoms with E-state index in [1.165, 1.54) is 12.5 Å². The van der Waals surface area contributed by atoms with Crippen molar-refractivity contribution >= 4 is 17.9 Å². The second-order valence-electron chi connectivity index (χ2n) is 17.7. The van der Waals surface area contributed by atoms with Crippen molar-refractivity contribution in [2.45, 2.75) is 133 Å². The molecule has 10 nitrogen and oxygen atoms in total. The quantitative estimate of drug-likeness (QED) is 0.118. The summed E-state index contributed by atoms with van der Waals surface area (Å²) in [5.74, 6) is -1.25. The number of nitrogens with two attached hydrogens (primary N) is 2. The topological polar surface area (TPSA) is 160 Å². The lowest BCUT2D eigenvalue weighted by Gasteiger charge is -2.69. The Labute approximate surface area is 301 Å². The average Bonchev–Trinajstić information content (AvgIpc) is 3.03. The van der Waals surface area contributed by atoms with Gasteiger partial charge in [0.2, 0.25) is 0 Å². The third-order valence-corrected chi connectivity index (χ3v) is 15.1. The average molecular weight is 705 g/mol. The van der Waals surface area contributed by atoms with Crippen LogP contribution in [0.1, 0.15) is 108 Å². The largest absolute Gasteiger partial charge is 0.481 e. The predicted molar refractivity (Wildman–Crippen MR) is 193 cm³/mol. The maximum absolute atomic E-state index is 13.4. The van der Waals surface area contributed by atoms with E-state index in [4.69, 9.17) is 30.4 Å². The maximum Gasteiger partial charge on any atom is 0.325 e. The summed E-state index contributed by atoms with van der Waals surface area (Å²) in [6.07, 6.45) is 5.43. The highest BCUT2D eigenvalue weighted by Crippen LogP contribution is 2.73. The minimum absolute atomic E-state index is 0.00740. The van der Waals surface area contributed by atoms with E-state index < -0.39 is 47.5 Å². The van der Waals surface area contributed by atoms with Crippen molar-refractivity contribution in [2.75, 3.05) is 26.4 Å². The minimum atomic E-state index is -0.998. The Balaban J connectivity index is 1.70. The molecule has 50 heavy (non-hydrogen) atoms. The van der Waals surface area contributed by atoms with Crippen molar-refractivity contribution in [3.8, 4) is 0 Å². The van der Waals surface area contributed by atoms with Gasteiger partial charge in [0.1, 0.15) is 18.2 Å². The SMILES string of the molecule is CC(=O)O[C@H](C)[C@H](OC(=O)C(N)COCCN)[C@@H](C)[C@H]1CO[C@@H](C)[C@@]2(C)C3=CC[C@@]4(C)[C@H](C(=O)O)[C@@](C)([C@H](C)C(C)C)CC[C@]4(C)[C@H]3CC[C@@H]12. The summed E-state index contributed by atoms with van der Waals surface area (Å²) in [6.45, 7) is 24.4. The van der Waals surface area contributed by atoms with Crippen LogP contribution in [0, 0.1) is 63.1 Å². The Morgan fingerprint density at radius 3 is 2.26 bits per heavy atom. The highest BCUT2D eigenvalue weighted by atomic mass is 16.6. The van der Waals surface area contributed by atoms with Gasteiger partial charge in [0.15, 0.2) is 0 Å². The first-order valence-electron chi connectivity index (χ1n) is 19.2. The first-order valence-corrected chi connectivity index (χ1v) is 19.2. The third kappa shape index (κ3) is 6.80. The van der Waals surface area contributed by atoms with Gasteiger partial charge in [0.05, 0.1) is 31.8 Å². The molecule has 14 atom stereocenters. The maximum atomic E-state index is 13.4. The Kier molecular flexibility index (Phi) is 12.4. The number of carbonyl (C=O) groups excluding carboxylic acids is 2. The molecular weight excluding hydrogens is 636 g/mol. The predicted octanol–water partition coefficient (Wildman–Crippen LogP) is 5.99. The van der Waals surface area contributed by atoms with E-state index >= 15 is 0 Å². The Bertz CT molecular complexity index is 1290. The number of aliphatic carboxylic acids is 1. The van der Waals surface area contributed by atoms with Gasteiger partial charge in [0.25, 0.3) is 0 Å². The molecule has 4 rings (SSSR count). The standard InChI is InChI=1S/C40H68N2O8/c1-22(2)24(4)37(8)16-17-38(9)30-13-12-29-28(20-48-26(6)40(29,11)31(30)14-15-39(38,10)34(37)35(44)45)23(3)33(25(5)49-27(7)43)50-36(46)32(42)21-47-19-18-41/h14,22-26,28-30,32-34H,12-13,15-21,41-42H2,1-11H3,(H,44,45)/t23-,24+,25+,26-,28+,29-,30-,32?,33+,34+,37+,38+,39-,40+/m0/s1. The van der Waals surface area contributed by atoms with Crippen LogP contribution in [0.5, 0.6) is 0 Å². The van der Waals surface area contributed by atoms with E-state index in [0.717, 1.165) is 32.1 Å². The Hall–Kier alpha value is -2.01. The number of rotatable bonds is 13. The van der Waals surface area contributed by atoms with Crippen LogP contribution in [-0.4, -0.2) is 73.7 Å². The number of allylic oxidation sites excluding steroid dienone is 1. The van der Waals surface area contributed by atoms with Crippen molar-refractivity contribution in [3.63, 3.8) is 0 Å². The van der Waals surface area contributed by atoms with Crippen LogP contribution in [0.4, 0.5) is 0 Å². The summed E-state index contributed by atoms with van der Waals surface area (Å²) in [5.41, 5.74) is 11.9. The number of carboxylic acid groups (broad SMARTS) is 1. The molecule has 0 aromatic rings. The molecule has 1 aliphatic heterocycles. The number of ether oxygens (including phenoxy) is 4. The molecule has 286 valence electrons. The zero-order chi connectivity index (χ0) is 37.6. The number of carbonyl (C=O) groups is 3. The lowest BCUT2D eigenvalue weighted by atomic mass is 9.35. The van der Waals surface area contributed by atoms with Gasteiger partial charge >= 0.3 is 17.9 Å². The van der Waals surface area contributed by atoms with Crippen LogP contribution in [0.3, 0.4) is 0 Å². The zero-order valence-corrected chi connectivity index (χ0v) is 32.8. The van der Waals surface area contributed by atoms with Gasteiger partial charge < -0.3 is 35.5 Å². The summed E-state index contributed by atoms with van der Waals surface area (Å²) in [7, 11) is 0. The summed E-state index contributed by atoms with van der Waals surface area (Å²) >= 11 is 0. The molecule has 0 aromatic heterocycles. The lowest BCUT2D eigenvalue weighted by Crippen LogP contribution is -2.65. The third-order valence-electron chi connectivity index (χ3n) is 15.1. The molecule has 1 unspecified atom stereocenters. The van der Waals surface area contributed by atoms with Gasteiger partial charge in [-0.3, -0.25) is 14.4 Å². The van der Waals surface area contributed by atoms with Gasteiger partial charge in [-0.25, -0.2) is 0 Å². The van der Waals surface area contributed by atoms with Crippen LogP contribution < -0.4 is 11.5 Å². The lowest BCUT2D eigenvalue weighted by molar-refractivity contribution is -0.208. The van der Waals surface area contributed by atoms with Gasteiger partial charge in [-0.2, -0.15) is 0 Å². The van der Waals surface area contributed by atoms with E-state index in [0.29, 0.717) is 19.1 Å². The van der Waals surface area contributed by atoms with Crippen molar-refractivity contribution in [2.24, 2.45) is 74.6 Å². The van der Waals surface area contributed by atoms with E-state index in [1.54, 1.807) is 6.92 Å². The second kappa shape index (κ2) is 15.2. The molecule has 2 saturated carbocycles. The molecule has 0 spiro atoms. The van der Waals surface area contributed by atoms with Crippen LogP contribution in [0.2, 0.25) is 0 Å². The van der Waals surface area contributed by atoms with Crippen LogP contribution in [0.15, 0.2) is 11.6 Å². The smallest absolute Gasteiger partial charge is 0.325 e. The fraction of sp³-hybridized carbons (Fsp3) is 0.875. The summed E-state index contributed by atoms with van der Waals surface area (Å²) < 4.78 is 23.8. The van der Waals surface area contributed by atoms with Gasteiger partial charge in [-0.1, -0.05) is 67.0 Å². The molecule has 0 amide bonds. The van der Waals surface area contributed by atoms with Crippen LogP contribution in [-0.2, 0) is 33.3 Å². The van der Waals surface area contributed by atoms with E-state index in [1.807, 2.05) is 0 Å². The highest BCUT2D eigenvalue weighted by Gasteiger charge is 2.69. The fourth-order valence-corrected chi connectivity index (χ4v) is 11.5. The summed E-state index contributed by atoms with van der Waals surface area (Å²) in [6, 6.07) is -0.998. The van der Waals surface area contributed by atoms with E-state index in [2.05, 4.69) is 68.4 Å². The Morgan fingerprint density at radius 1 is 1.02 bits per heavy atom. The van der Waals surface area contributed by atoms with E-state index in [-0.39, 0.29) is 65.2 Å². The minimum Gasteiger partial charge on any atom is -0.481 e. The van der Waals surface area contributed by atoms with Crippen molar-refractivity contribution < 1.29 is 38.4 Å². The molecule has 0 radical (unpaired) electrons. The highest BCUT2D eigenvalue weighted by molar-refractivity contribution is 5.76. The summed E-state index contributed by atoms with van der Waals surface area (Å²) in [4.78, 5) is 38.7. The number of carboxylic acids is 1. The summed E-state index contributed by atoms with van der Waals surface area (Å²) in [5, 5.41) is 11.0. The Morgan fingerprint density at radius 2 is 1.68 bits per heavy atom.